The second-order valence-electron chi connectivity index (χ2n) is 4.38. The van der Waals surface area contributed by atoms with Crippen molar-refractivity contribution in [1.29, 1.82) is 0 Å². The number of pyridine rings is 1. The van der Waals surface area contributed by atoms with Crippen molar-refractivity contribution in [3.8, 4) is 0 Å². The minimum absolute atomic E-state index is 0.493. The molecule has 8 heteroatoms. The number of halogens is 2. The fourth-order valence-electron chi connectivity index (χ4n) is 2.07. The van der Waals surface area contributed by atoms with Gasteiger partial charge in [-0.15, -0.1) is 11.6 Å². The maximum Gasteiger partial charge on any atom is 0.170 e. The lowest BCUT2D eigenvalue weighted by Gasteiger charge is -2.04. The van der Waals surface area contributed by atoms with Crippen LogP contribution in [-0.2, 0) is 20.0 Å². The normalized spacial score (nSPS) is 11.3. The van der Waals surface area contributed by atoms with E-state index in [1.807, 2.05) is 11.6 Å². The first-order valence-electron chi connectivity index (χ1n) is 6.08. The van der Waals surface area contributed by atoms with Gasteiger partial charge in [-0.05, 0) is 6.07 Å². The van der Waals surface area contributed by atoms with E-state index in [0.717, 1.165) is 17.0 Å². The molecule has 0 fully saturated rings. The number of rotatable bonds is 4. The van der Waals surface area contributed by atoms with E-state index in [1.165, 1.54) is 0 Å². The van der Waals surface area contributed by atoms with Gasteiger partial charge in [-0.3, -0.25) is 4.68 Å². The molecule has 0 aromatic carbocycles. The fraction of sp³-hybridized carbons (Fsp3) is 0.333. The number of hydrogen-bond acceptors (Lipinski definition) is 4. The molecule has 0 spiro atoms. The van der Waals surface area contributed by atoms with Gasteiger partial charge in [-0.25, -0.2) is 15.0 Å². The molecule has 0 aliphatic carbocycles. The molecule has 104 valence electrons. The van der Waals surface area contributed by atoms with Gasteiger partial charge in [0.15, 0.2) is 11.5 Å². The van der Waals surface area contributed by atoms with E-state index in [4.69, 9.17) is 23.2 Å². The molecule has 0 unspecified atom stereocenters. The van der Waals surface area contributed by atoms with Crippen molar-refractivity contribution >= 4 is 34.4 Å². The van der Waals surface area contributed by atoms with E-state index >= 15 is 0 Å². The molecule has 3 heterocycles. The van der Waals surface area contributed by atoms with Gasteiger partial charge in [0.25, 0.3) is 0 Å². The largest absolute Gasteiger partial charge is 0.305 e. The predicted octanol–water partition coefficient (Wildman–Crippen LogP) is 2.04. The highest BCUT2D eigenvalue weighted by molar-refractivity contribution is 6.31. The lowest BCUT2D eigenvalue weighted by molar-refractivity contribution is 0.685. The molecule has 0 amide bonds. The number of aryl methyl sites for hydroxylation is 2. The van der Waals surface area contributed by atoms with Crippen molar-refractivity contribution < 1.29 is 0 Å². The summed E-state index contributed by atoms with van der Waals surface area (Å²) < 4.78 is 3.64. The summed E-state index contributed by atoms with van der Waals surface area (Å²) in [6, 6.07) is 1.80. The Labute approximate surface area is 125 Å². The van der Waals surface area contributed by atoms with Crippen LogP contribution in [0.25, 0.3) is 11.2 Å². The third kappa shape index (κ3) is 2.48. The summed E-state index contributed by atoms with van der Waals surface area (Å²) in [5.41, 5.74) is 1.52. The maximum absolute atomic E-state index is 5.96. The molecule has 3 aromatic heterocycles. The van der Waals surface area contributed by atoms with Crippen molar-refractivity contribution in [1.82, 2.24) is 29.3 Å². The molecule has 0 N–H and O–H groups in total. The minimum Gasteiger partial charge on any atom is -0.305 e. The molecule has 0 saturated heterocycles. The molecule has 3 rings (SSSR count). The molecule has 0 aliphatic rings. The average Bonchev–Trinajstić information content (AvgIpc) is 2.95. The Kier molecular flexibility index (Phi) is 3.58. The SMILES string of the molecule is Cn1cnc(Cn2c(CCCl)nc3cc(Cl)cnc32)n1. The van der Waals surface area contributed by atoms with Gasteiger partial charge in [0.1, 0.15) is 17.7 Å². The second-order valence-corrected chi connectivity index (χ2v) is 5.20. The Bertz CT molecular complexity index is 748. The van der Waals surface area contributed by atoms with Gasteiger partial charge < -0.3 is 4.57 Å². The fourth-order valence-corrected chi connectivity index (χ4v) is 2.39. The highest BCUT2D eigenvalue weighted by atomic mass is 35.5. The molecule has 0 bridgehead atoms. The summed E-state index contributed by atoms with van der Waals surface area (Å²) in [7, 11) is 1.83. The standard InChI is InChI=1S/C12H12Cl2N6/c1-19-7-16-10(18-19)6-20-11(2-3-13)17-9-4-8(14)5-15-12(9)20/h4-5,7H,2-3,6H2,1H3. The zero-order chi connectivity index (χ0) is 14.1. The summed E-state index contributed by atoms with van der Waals surface area (Å²) in [6.45, 7) is 0.512. The second kappa shape index (κ2) is 5.38. The van der Waals surface area contributed by atoms with Crippen LogP contribution in [0.3, 0.4) is 0 Å². The number of hydrogen-bond donors (Lipinski definition) is 0. The molecule has 0 radical (unpaired) electrons. The van der Waals surface area contributed by atoms with Crippen LogP contribution >= 0.6 is 23.2 Å². The summed E-state index contributed by atoms with van der Waals surface area (Å²) in [5.74, 6) is 2.06. The van der Waals surface area contributed by atoms with Crippen LogP contribution < -0.4 is 0 Å². The Morgan fingerprint density at radius 2 is 2.15 bits per heavy atom. The maximum atomic E-state index is 5.96. The van der Waals surface area contributed by atoms with E-state index in [-0.39, 0.29) is 0 Å². The summed E-state index contributed by atoms with van der Waals surface area (Å²) in [4.78, 5) is 13.1. The van der Waals surface area contributed by atoms with Crippen LogP contribution in [0, 0.1) is 0 Å². The molecular formula is C12H12Cl2N6. The lowest BCUT2D eigenvalue weighted by Crippen LogP contribution is -2.08. The number of alkyl halides is 1. The van der Waals surface area contributed by atoms with E-state index in [1.54, 1.807) is 23.3 Å². The number of aromatic nitrogens is 6. The molecule has 0 aliphatic heterocycles. The lowest BCUT2D eigenvalue weighted by atomic mass is 10.4. The van der Waals surface area contributed by atoms with Gasteiger partial charge >= 0.3 is 0 Å². The van der Waals surface area contributed by atoms with Crippen LogP contribution in [0.5, 0.6) is 0 Å². The van der Waals surface area contributed by atoms with Crippen molar-refractivity contribution in [2.24, 2.45) is 7.05 Å². The average molecular weight is 311 g/mol. The highest BCUT2D eigenvalue weighted by Gasteiger charge is 2.14. The monoisotopic (exact) mass is 310 g/mol. The topological polar surface area (TPSA) is 61.4 Å². The zero-order valence-corrected chi connectivity index (χ0v) is 12.3. The van der Waals surface area contributed by atoms with Crippen molar-refractivity contribution in [2.45, 2.75) is 13.0 Å². The third-order valence-corrected chi connectivity index (χ3v) is 3.29. The van der Waals surface area contributed by atoms with Gasteiger partial charge in [0.2, 0.25) is 0 Å². The first-order chi connectivity index (χ1) is 9.67. The molecule has 0 saturated carbocycles. The van der Waals surface area contributed by atoms with E-state index in [0.29, 0.717) is 29.7 Å². The summed E-state index contributed by atoms with van der Waals surface area (Å²) >= 11 is 11.8. The number of fused-ring (bicyclic) bond motifs is 1. The van der Waals surface area contributed by atoms with Crippen molar-refractivity contribution in [3.63, 3.8) is 0 Å². The van der Waals surface area contributed by atoms with Crippen LogP contribution in [0.2, 0.25) is 5.02 Å². The molecule has 0 atom stereocenters. The van der Waals surface area contributed by atoms with E-state index in [9.17, 15) is 0 Å². The predicted molar refractivity (Wildman–Crippen MR) is 77.1 cm³/mol. The van der Waals surface area contributed by atoms with Crippen LogP contribution in [0.4, 0.5) is 0 Å². The molecular weight excluding hydrogens is 299 g/mol. The Hall–Kier alpha value is -1.66. The smallest absolute Gasteiger partial charge is 0.170 e. The number of nitrogens with zero attached hydrogens (tertiary/aromatic N) is 6. The van der Waals surface area contributed by atoms with Crippen molar-refractivity contribution in [2.75, 3.05) is 5.88 Å². The zero-order valence-electron chi connectivity index (χ0n) is 10.8. The van der Waals surface area contributed by atoms with Gasteiger partial charge in [0.05, 0.1) is 11.6 Å². The van der Waals surface area contributed by atoms with E-state index in [2.05, 4.69) is 20.1 Å². The Morgan fingerprint density at radius 3 is 2.85 bits per heavy atom. The first kappa shape index (κ1) is 13.3. The Balaban J connectivity index is 2.08. The minimum atomic E-state index is 0.493. The summed E-state index contributed by atoms with van der Waals surface area (Å²) in [6.07, 6.45) is 3.93. The molecule has 3 aromatic rings. The third-order valence-electron chi connectivity index (χ3n) is 2.90. The van der Waals surface area contributed by atoms with Crippen molar-refractivity contribution in [3.05, 3.63) is 35.3 Å². The van der Waals surface area contributed by atoms with Crippen LogP contribution in [-0.4, -0.2) is 35.2 Å². The molecule has 20 heavy (non-hydrogen) atoms. The van der Waals surface area contributed by atoms with Crippen LogP contribution in [0.1, 0.15) is 11.6 Å². The summed E-state index contributed by atoms with van der Waals surface area (Å²) in [5, 5.41) is 4.85. The van der Waals surface area contributed by atoms with Gasteiger partial charge in [-0.2, -0.15) is 5.10 Å². The molecule has 6 nitrogen and oxygen atoms in total. The first-order valence-corrected chi connectivity index (χ1v) is 7.00. The number of imidazole rings is 1. The Morgan fingerprint density at radius 1 is 1.30 bits per heavy atom. The quantitative estimate of drug-likeness (QED) is 0.692. The highest BCUT2D eigenvalue weighted by Crippen LogP contribution is 2.19. The van der Waals surface area contributed by atoms with Crippen LogP contribution in [0.15, 0.2) is 18.6 Å². The van der Waals surface area contributed by atoms with Gasteiger partial charge in [-0.1, -0.05) is 11.6 Å². The van der Waals surface area contributed by atoms with Gasteiger partial charge in [0, 0.05) is 25.5 Å². The van der Waals surface area contributed by atoms with E-state index < -0.39 is 0 Å².